The van der Waals surface area contributed by atoms with E-state index in [1.54, 1.807) is 7.11 Å². The fourth-order valence-corrected chi connectivity index (χ4v) is 3.37. The molecule has 2 atom stereocenters. The predicted octanol–water partition coefficient (Wildman–Crippen LogP) is 2.51. The van der Waals surface area contributed by atoms with Gasteiger partial charge in [0.05, 0.1) is 13.2 Å². The average Bonchev–Trinajstić information content (AvgIpc) is 2.99. The van der Waals surface area contributed by atoms with Crippen LogP contribution in [0.5, 0.6) is 5.75 Å². The lowest BCUT2D eigenvalue weighted by atomic mass is 9.92. The number of rotatable bonds is 8. The number of carbonyl (C=O) groups is 3. The van der Waals surface area contributed by atoms with E-state index < -0.39 is 17.9 Å². The summed E-state index contributed by atoms with van der Waals surface area (Å²) in [5.41, 5.74) is 2.04. The zero-order valence-electron chi connectivity index (χ0n) is 15.3. The van der Waals surface area contributed by atoms with Crippen LogP contribution in [0.1, 0.15) is 24.0 Å². The highest BCUT2D eigenvalue weighted by Crippen LogP contribution is 2.20. The van der Waals surface area contributed by atoms with Crippen LogP contribution in [0, 0.1) is 5.92 Å². The molecule has 0 radical (unpaired) electrons. The fourth-order valence-electron chi connectivity index (χ4n) is 3.37. The summed E-state index contributed by atoms with van der Waals surface area (Å²) < 4.78 is 5.17. The van der Waals surface area contributed by atoms with Gasteiger partial charge >= 0.3 is 0 Å². The minimum atomic E-state index is -1.17. The standard InChI is InChI=1S/C22H23NO4/c1-27-17-9-5-8-16(14-17)11-13-19(24)20-21(25)18(23-22(20)26)12-10-15-6-3-2-4-7-15/h2-9,14,18,20H,10-13H2,1H3,(H,23,26). The van der Waals surface area contributed by atoms with Gasteiger partial charge in [-0.15, -0.1) is 0 Å². The maximum absolute atomic E-state index is 12.6. The van der Waals surface area contributed by atoms with E-state index in [1.807, 2.05) is 54.6 Å². The monoisotopic (exact) mass is 365 g/mol. The first-order valence-electron chi connectivity index (χ1n) is 9.12. The van der Waals surface area contributed by atoms with Crippen molar-refractivity contribution in [3.63, 3.8) is 0 Å². The van der Waals surface area contributed by atoms with Gasteiger partial charge < -0.3 is 10.1 Å². The number of benzene rings is 2. The molecule has 2 aromatic rings. The van der Waals surface area contributed by atoms with Crippen LogP contribution in [0.25, 0.3) is 0 Å². The number of Topliss-reactive ketones (excluding diaryl/α,β-unsaturated/α-hetero) is 2. The summed E-state index contributed by atoms with van der Waals surface area (Å²) in [5.74, 6) is -1.53. The minimum Gasteiger partial charge on any atom is -0.497 e. The first kappa shape index (κ1) is 18.8. The Morgan fingerprint density at radius 3 is 2.48 bits per heavy atom. The normalized spacial score (nSPS) is 19.0. The molecule has 1 saturated heterocycles. The number of ether oxygens (including phenoxy) is 1. The lowest BCUT2D eigenvalue weighted by Gasteiger charge is -2.09. The number of ketones is 2. The summed E-state index contributed by atoms with van der Waals surface area (Å²) in [6, 6.07) is 16.6. The second kappa shape index (κ2) is 8.62. The van der Waals surface area contributed by atoms with Crippen LogP contribution in [0.2, 0.25) is 0 Å². The van der Waals surface area contributed by atoms with Gasteiger partial charge in [0.15, 0.2) is 17.5 Å². The van der Waals surface area contributed by atoms with E-state index in [0.29, 0.717) is 19.3 Å². The first-order chi connectivity index (χ1) is 13.1. The van der Waals surface area contributed by atoms with Gasteiger partial charge in [-0.1, -0.05) is 42.5 Å². The van der Waals surface area contributed by atoms with E-state index in [4.69, 9.17) is 4.74 Å². The number of carbonyl (C=O) groups excluding carboxylic acids is 3. The number of aryl methyl sites for hydroxylation is 2. The second-order valence-electron chi connectivity index (χ2n) is 6.74. The van der Waals surface area contributed by atoms with Crippen molar-refractivity contribution in [2.75, 3.05) is 7.11 Å². The van der Waals surface area contributed by atoms with E-state index in [1.165, 1.54) is 0 Å². The van der Waals surface area contributed by atoms with Crippen molar-refractivity contribution in [2.45, 2.75) is 31.7 Å². The molecule has 2 aromatic carbocycles. The fraction of sp³-hybridized carbons (Fsp3) is 0.318. The number of amides is 1. The van der Waals surface area contributed by atoms with E-state index in [0.717, 1.165) is 16.9 Å². The van der Waals surface area contributed by atoms with Gasteiger partial charge in [0.25, 0.3) is 0 Å². The van der Waals surface area contributed by atoms with Crippen LogP contribution in [0.3, 0.4) is 0 Å². The molecule has 27 heavy (non-hydrogen) atoms. The quantitative estimate of drug-likeness (QED) is 0.730. The summed E-state index contributed by atoms with van der Waals surface area (Å²) in [7, 11) is 1.58. The lowest BCUT2D eigenvalue weighted by molar-refractivity contribution is -0.136. The molecule has 1 fully saturated rings. The number of hydrogen-bond acceptors (Lipinski definition) is 4. The molecule has 0 bridgehead atoms. The molecule has 2 unspecified atom stereocenters. The molecule has 0 spiro atoms. The molecule has 1 aliphatic rings. The van der Waals surface area contributed by atoms with Gasteiger partial charge in [-0.2, -0.15) is 0 Å². The van der Waals surface area contributed by atoms with Crippen molar-refractivity contribution in [1.82, 2.24) is 5.32 Å². The van der Waals surface area contributed by atoms with Gasteiger partial charge in [0.1, 0.15) is 5.75 Å². The number of methoxy groups -OCH3 is 1. The number of nitrogens with one attached hydrogen (secondary N) is 1. The molecule has 5 heteroatoms. The van der Waals surface area contributed by atoms with Crippen molar-refractivity contribution in [3.8, 4) is 5.75 Å². The highest BCUT2D eigenvalue weighted by atomic mass is 16.5. The topological polar surface area (TPSA) is 72.5 Å². The first-order valence-corrected chi connectivity index (χ1v) is 9.12. The maximum Gasteiger partial charge on any atom is 0.238 e. The Morgan fingerprint density at radius 1 is 1.00 bits per heavy atom. The molecule has 1 amide bonds. The van der Waals surface area contributed by atoms with Crippen molar-refractivity contribution in [2.24, 2.45) is 5.92 Å². The maximum atomic E-state index is 12.6. The molecule has 140 valence electrons. The lowest BCUT2D eigenvalue weighted by Crippen LogP contribution is -2.29. The molecule has 5 nitrogen and oxygen atoms in total. The van der Waals surface area contributed by atoms with E-state index >= 15 is 0 Å². The van der Waals surface area contributed by atoms with Gasteiger partial charge in [0, 0.05) is 6.42 Å². The third-order valence-corrected chi connectivity index (χ3v) is 4.89. The minimum absolute atomic E-state index is 0.155. The van der Waals surface area contributed by atoms with Gasteiger partial charge in [-0.3, -0.25) is 14.4 Å². The van der Waals surface area contributed by atoms with Crippen molar-refractivity contribution in [1.29, 1.82) is 0 Å². The molecule has 1 heterocycles. The predicted molar refractivity (Wildman–Crippen MR) is 102 cm³/mol. The molecule has 3 rings (SSSR count). The van der Waals surface area contributed by atoms with E-state index in [9.17, 15) is 14.4 Å². The van der Waals surface area contributed by atoms with Crippen LogP contribution in [0.15, 0.2) is 54.6 Å². The Labute approximate surface area is 158 Å². The summed E-state index contributed by atoms with van der Waals surface area (Å²) >= 11 is 0. The summed E-state index contributed by atoms with van der Waals surface area (Å²) in [4.78, 5) is 37.3. The molecule has 0 saturated carbocycles. The third-order valence-electron chi connectivity index (χ3n) is 4.89. The second-order valence-corrected chi connectivity index (χ2v) is 6.74. The van der Waals surface area contributed by atoms with Gasteiger partial charge in [-0.05, 0) is 42.5 Å². The molecule has 0 aliphatic carbocycles. The van der Waals surface area contributed by atoms with Crippen LogP contribution in [0.4, 0.5) is 0 Å². The van der Waals surface area contributed by atoms with Crippen LogP contribution < -0.4 is 10.1 Å². The van der Waals surface area contributed by atoms with Crippen molar-refractivity contribution >= 4 is 17.5 Å². The summed E-state index contributed by atoms with van der Waals surface area (Å²) in [6.45, 7) is 0. The Kier molecular flexibility index (Phi) is 6.01. The van der Waals surface area contributed by atoms with Crippen LogP contribution in [-0.2, 0) is 27.2 Å². The molecular formula is C22H23NO4. The van der Waals surface area contributed by atoms with Gasteiger partial charge in [0.2, 0.25) is 5.91 Å². The smallest absolute Gasteiger partial charge is 0.238 e. The Morgan fingerprint density at radius 2 is 1.74 bits per heavy atom. The zero-order valence-corrected chi connectivity index (χ0v) is 15.3. The highest BCUT2D eigenvalue weighted by Gasteiger charge is 2.44. The zero-order chi connectivity index (χ0) is 19.2. The van der Waals surface area contributed by atoms with Crippen LogP contribution >= 0.6 is 0 Å². The molecule has 1 N–H and O–H groups in total. The summed E-state index contributed by atoms with van der Waals surface area (Å²) in [5, 5.41) is 2.69. The molecular weight excluding hydrogens is 342 g/mol. The average molecular weight is 365 g/mol. The largest absolute Gasteiger partial charge is 0.497 e. The Hall–Kier alpha value is -2.95. The molecule has 0 aromatic heterocycles. The van der Waals surface area contributed by atoms with E-state index in [-0.39, 0.29) is 18.0 Å². The third kappa shape index (κ3) is 4.61. The van der Waals surface area contributed by atoms with Crippen molar-refractivity contribution < 1.29 is 19.1 Å². The highest BCUT2D eigenvalue weighted by molar-refractivity contribution is 6.24. The van der Waals surface area contributed by atoms with E-state index in [2.05, 4.69) is 5.32 Å². The number of hydrogen-bond donors (Lipinski definition) is 1. The Bertz CT molecular complexity index is 831. The summed E-state index contributed by atoms with van der Waals surface area (Å²) in [6.07, 6.45) is 1.82. The van der Waals surface area contributed by atoms with Crippen LogP contribution in [-0.4, -0.2) is 30.6 Å². The molecule has 1 aliphatic heterocycles. The van der Waals surface area contributed by atoms with Gasteiger partial charge in [-0.25, -0.2) is 0 Å². The SMILES string of the molecule is COc1cccc(CCC(=O)C2C(=O)NC(CCc3ccccc3)C2=O)c1. The Balaban J connectivity index is 1.56. The van der Waals surface area contributed by atoms with Crippen molar-refractivity contribution in [3.05, 3.63) is 65.7 Å².